The lowest BCUT2D eigenvalue weighted by molar-refractivity contribution is -0.118. The molecule has 2 aromatic heterocycles. The van der Waals surface area contributed by atoms with Gasteiger partial charge in [0.1, 0.15) is 11.3 Å². The number of carbonyl (C=O) groups excluding carboxylic acids is 1. The Kier molecular flexibility index (Phi) is 4.21. The fourth-order valence-electron chi connectivity index (χ4n) is 1.88. The van der Waals surface area contributed by atoms with E-state index in [1.54, 1.807) is 13.2 Å². The smallest absolute Gasteiger partial charge is 0.219 e. The van der Waals surface area contributed by atoms with Crippen molar-refractivity contribution >= 4 is 28.7 Å². The predicted molar refractivity (Wildman–Crippen MR) is 72.3 cm³/mol. The molecule has 2 aromatic rings. The molecule has 0 aliphatic rings. The number of ether oxygens (including phenoxy) is 1. The van der Waals surface area contributed by atoms with Crippen molar-refractivity contribution in [3.05, 3.63) is 18.0 Å². The highest BCUT2D eigenvalue weighted by atomic mass is 35.5. The van der Waals surface area contributed by atoms with Crippen molar-refractivity contribution in [2.45, 2.75) is 19.4 Å². The fraction of sp³-hybridized carbons (Fsp3) is 0.417. The highest BCUT2D eigenvalue weighted by Gasteiger charge is 2.13. The number of rotatable bonds is 6. The summed E-state index contributed by atoms with van der Waals surface area (Å²) in [6.07, 6.45) is 0.846. The third-order valence-electron chi connectivity index (χ3n) is 2.75. The largest absolute Gasteiger partial charge is 0.481 e. The minimum Gasteiger partial charge on any atom is -0.481 e. The summed E-state index contributed by atoms with van der Waals surface area (Å²) in [4.78, 5) is 19.8. The third-order valence-corrected chi connectivity index (χ3v) is 2.94. The molecule has 2 N–H and O–H groups in total. The van der Waals surface area contributed by atoms with Crippen LogP contribution in [0.25, 0.3) is 11.2 Å². The molecule has 0 bridgehead atoms. The van der Waals surface area contributed by atoms with Crippen LogP contribution in [0.5, 0.6) is 5.88 Å². The average Bonchev–Trinajstić information content (AvgIpc) is 2.73. The molecule has 0 fully saturated rings. The van der Waals surface area contributed by atoms with E-state index in [4.69, 9.17) is 22.1 Å². The normalized spacial score (nSPS) is 10.8. The van der Waals surface area contributed by atoms with E-state index in [1.807, 2.05) is 10.6 Å². The number of hydrogen-bond donors (Lipinski definition) is 1. The van der Waals surface area contributed by atoms with Gasteiger partial charge in [-0.1, -0.05) is 0 Å². The molecule has 0 aliphatic carbocycles. The molecular formula is C12H15ClN4O2. The Morgan fingerprint density at radius 1 is 1.47 bits per heavy atom. The average molecular weight is 283 g/mol. The second-order valence-corrected chi connectivity index (χ2v) is 4.41. The maximum atomic E-state index is 10.9. The first-order valence-corrected chi connectivity index (χ1v) is 6.43. The standard InChI is InChI=1S/C12H15ClN4O2/c1-19-11-3-2-8-12(16-11)17(7-5-9(14)18)10(15-8)4-6-13/h2-3H,4-7H2,1H3,(H2,14,18). The van der Waals surface area contributed by atoms with E-state index in [0.29, 0.717) is 30.4 Å². The number of methoxy groups -OCH3 is 1. The molecule has 1 amide bonds. The number of alkyl halides is 1. The van der Waals surface area contributed by atoms with Crippen molar-refractivity contribution in [1.82, 2.24) is 14.5 Å². The first-order valence-electron chi connectivity index (χ1n) is 5.90. The molecule has 6 nitrogen and oxygen atoms in total. The molecule has 0 saturated carbocycles. The van der Waals surface area contributed by atoms with Gasteiger partial charge in [0.2, 0.25) is 11.8 Å². The van der Waals surface area contributed by atoms with Crippen LogP contribution in [0.4, 0.5) is 0 Å². The summed E-state index contributed by atoms with van der Waals surface area (Å²) < 4.78 is 6.97. The Labute approximate surface area is 115 Å². The lowest BCUT2D eigenvalue weighted by Gasteiger charge is -2.06. The number of carbonyl (C=O) groups is 1. The van der Waals surface area contributed by atoms with Crippen molar-refractivity contribution in [2.24, 2.45) is 5.73 Å². The second kappa shape index (κ2) is 5.88. The van der Waals surface area contributed by atoms with E-state index in [0.717, 1.165) is 11.3 Å². The second-order valence-electron chi connectivity index (χ2n) is 4.03. The highest BCUT2D eigenvalue weighted by molar-refractivity contribution is 6.17. The van der Waals surface area contributed by atoms with Crippen LogP contribution in [0.2, 0.25) is 0 Å². The Morgan fingerprint density at radius 2 is 2.26 bits per heavy atom. The van der Waals surface area contributed by atoms with Crippen LogP contribution in [0.3, 0.4) is 0 Å². The molecule has 2 heterocycles. The lowest BCUT2D eigenvalue weighted by Crippen LogP contribution is -2.15. The Bertz CT molecular complexity index is 597. The maximum Gasteiger partial charge on any atom is 0.219 e. The van der Waals surface area contributed by atoms with E-state index in [1.165, 1.54) is 0 Å². The van der Waals surface area contributed by atoms with Crippen molar-refractivity contribution in [1.29, 1.82) is 0 Å². The molecule has 0 radical (unpaired) electrons. The van der Waals surface area contributed by atoms with E-state index in [9.17, 15) is 4.79 Å². The van der Waals surface area contributed by atoms with Crippen LogP contribution >= 0.6 is 11.6 Å². The molecule has 19 heavy (non-hydrogen) atoms. The van der Waals surface area contributed by atoms with Crippen LogP contribution in [-0.4, -0.2) is 33.4 Å². The van der Waals surface area contributed by atoms with Gasteiger partial charge >= 0.3 is 0 Å². The van der Waals surface area contributed by atoms with Gasteiger partial charge in [-0.25, -0.2) is 4.98 Å². The molecule has 102 valence electrons. The van der Waals surface area contributed by atoms with Gasteiger partial charge in [-0.05, 0) is 6.07 Å². The molecule has 2 rings (SSSR count). The van der Waals surface area contributed by atoms with Crippen LogP contribution in [-0.2, 0) is 17.8 Å². The Morgan fingerprint density at radius 3 is 2.89 bits per heavy atom. The molecule has 0 aromatic carbocycles. The molecule has 0 atom stereocenters. The van der Waals surface area contributed by atoms with E-state index >= 15 is 0 Å². The summed E-state index contributed by atoms with van der Waals surface area (Å²) >= 11 is 5.77. The summed E-state index contributed by atoms with van der Waals surface area (Å²) in [6, 6.07) is 3.58. The Hall–Kier alpha value is -1.82. The zero-order chi connectivity index (χ0) is 13.8. The lowest BCUT2D eigenvalue weighted by atomic mass is 10.3. The van der Waals surface area contributed by atoms with Crippen molar-refractivity contribution in [2.75, 3.05) is 13.0 Å². The molecular weight excluding hydrogens is 268 g/mol. The monoisotopic (exact) mass is 282 g/mol. The number of pyridine rings is 1. The van der Waals surface area contributed by atoms with Gasteiger partial charge in [0.05, 0.1) is 7.11 Å². The molecule has 0 aliphatic heterocycles. The van der Waals surface area contributed by atoms with Crippen LogP contribution in [0.1, 0.15) is 12.2 Å². The van der Waals surface area contributed by atoms with Gasteiger partial charge in [-0.2, -0.15) is 4.98 Å². The van der Waals surface area contributed by atoms with Gasteiger partial charge in [0, 0.05) is 31.3 Å². The minimum absolute atomic E-state index is 0.236. The topological polar surface area (TPSA) is 83.0 Å². The number of primary amides is 1. The number of aromatic nitrogens is 3. The molecule has 0 spiro atoms. The van der Waals surface area contributed by atoms with E-state index < -0.39 is 0 Å². The number of hydrogen-bond acceptors (Lipinski definition) is 4. The summed E-state index contributed by atoms with van der Waals surface area (Å²) in [7, 11) is 1.55. The van der Waals surface area contributed by atoms with Gasteiger partial charge in [0.15, 0.2) is 5.65 Å². The van der Waals surface area contributed by atoms with Crippen LogP contribution in [0, 0.1) is 0 Å². The van der Waals surface area contributed by atoms with Gasteiger partial charge in [0.25, 0.3) is 0 Å². The number of amides is 1. The van der Waals surface area contributed by atoms with E-state index in [-0.39, 0.29) is 12.3 Å². The van der Waals surface area contributed by atoms with Gasteiger partial charge in [-0.3, -0.25) is 4.79 Å². The number of halogens is 1. The predicted octanol–water partition coefficient (Wildman–Crippen LogP) is 1.10. The van der Waals surface area contributed by atoms with Gasteiger partial charge in [-0.15, -0.1) is 11.6 Å². The Balaban J connectivity index is 2.46. The quantitative estimate of drug-likeness (QED) is 0.804. The fourth-order valence-corrected chi connectivity index (χ4v) is 2.05. The first kappa shape index (κ1) is 13.6. The highest BCUT2D eigenvalue weighted by Crippen LogP contribution is 2.19. The molecule has 7 heteroatoms. The first-order chi connectivity index (χ1) is 9.15. The zero-order valence-electron chi connectivity index (χ0n) is 10.6. The molecule has 0 unspecified atom stereocenters. The number of nitrogens with zero attached hydrogens (tertiary/aromatic N) is 3. The van der Waals surface area contributed by atoms with E-state index in [2.05, 4.69) is 9.97 Å². The number of imidazole rings is 1. The van der Waals surface area contributed by atoms with Crippen LogP contribution in [0.15, 0.2) is 12.1 Å². The third kappa shape index (κ3) is 2.96. The number of aryl methyl sites for hydroxylation is 2. The minimum atomic E-state index is -0.360. The zero-order valence-corrected chi connectivity index (χ0v) is 11.4. The van der Waals surface area contributed by atoms with Crippen LogP contribution < -0.4 is 10.5 Å². The summed E-state index contributed by atoms with van der Waals surface area (Å²) in [6.45, 7) is 0.443. The SMILES string of the molecule is COc1ccc2nc(CCCl)n(CCC(N)=O)c2n1. The van der Waals surface area contributed by atoms with Crippen molar-refractivity contribution in [3.63, 3.8) is 0 Å². The van der Waals surface area contributed by atoms with Gasteiger partial charge < -0.3 is 15.0 Å². The molecule has 0 saturated heterocycles. The maximum absolute atomic E-state index is 10.9. The summed E-state index contributed by atoms with van der Waals surface area (Å²) in [5.41, 5.74) is 6.63. The summed E-state index contributed by atoms with van der Waals surface area (Å²) in [5, 5.41) is 0. The number of fused-ring (bicyclic) bond motifs is 1. The van der Waals surface area contributed by atoms with Crippen molar-refractivity contribution < 1.29 is 9.53 Å². The number of nitrogens with two attached hydrogens (primary N) is 1. The summed E-state index contributed by atoms with van der Waals surface area (Å²) in [5.74, 6) is 1.40. The van der Waals surface area contributed by atoms with Crippen molar-refractivity contribution in [3.8, 4) is 5.88 Å².